The van der Waals surface area contributed by atoms with Crippen molar-refractivity contribution in [3.05, 3.63) is 34.9 Å². The molecule has 3 nitrogen and oxygen atoms in total. The summed E-state index contributed by atoms with van der Waals surface area (Å²) in [5.74, 6) is -1.13. The highest BCUT2D eigenvalue weighted by molar-refractivity contribution is 5.64. The van der Waals surface area contributed by atoms with Crippen LogP contribution < -0.4 is 5.11 Å². The third-order valence-corrected chi connectivity index (χ3v) is 2.41. The van der Waals surface area contributed by atoms with Crippen LogP contribution in [0.25, 0.3) is 0 Å². The molecular weight excluding hydrogens is 192 g/mol. The monoisotopic (exact) mass is 207 g/mol. The molecule has 1 aromatic carbocycles. The van der Waals surface area contributed by atoms with Crippen molar-refractivity contribution in [2.24, 2.45) is 0 Å². The maximum absolute atomic E-state index is 10.3. The van der Waals surface area contributed by atoms with Crippen LogP contribution in [-0.4, -0.2) is 11.1 Å². The molecule has 0 bridgehead atoms. The molecule has 0 unspecified atom stereocenters. The Morgan fingerprint density at radius 1 is 1.47 bits per heavy atom. The fourth-order valence-electron chi connectivity index (χ4n) is 1.61. The predicted octanol–water partition coefficient (Wildman–Crippen LogP) is 0.867. The van der Waals surface area contributed by atoms with Crippen molar-refractivity contribution >= 4 is 5.97 Å². The average Bonchev–Trinajstić information content (AvgIpc) is 2.14. The predicted molar refractivity (Wildman–Crippen MR) is 55.1 cm³/mol. The van der Waals surface area contributed by atoms with E-state index in [1.165, 1.54) is 0 Å². The number of hydrogen-bond acceptors (Lipinski definition) is 3. The molecule has 15 heavy (non-hydrogen) atoms. The van der Waals surface area contributed by atoms with Crippen molar-refractivity contribution < 1.29 is 15.0 Å². The van der Waals surface area contributed by atoms with Gasteiger partial charge >= 0.3 is 0 Å². The lowest BCUT2D eigenvalue weighted by Gasteiger charge is -2.14. The van der Waals surface area contributed by atoms with Gasteiger partial charge in [0.1, 0.15) is 0 Å². The Labute approximate surface area is 89.4 Å². The van der Waals surface area contributed by atoms with Gasteiger partial charge in [-0.25, -0.2) is 0 Å². The van der Waals surface area contributed by atoms with Gasteiger partial charge in [0.05, 0.1) is 6.10 Å². The van der Waals surface area contributed by atoms with E-state index in [1.807, 2.05) is 32.0 Å². The van der Waals surface area contributed by atoms with E-state index in [0.717, 1.165) is 16.7 Å². The van der Waals surface area contributed by atoms with E-state index < -0.39 is 12.1 Å². The summed E-state index contributed by atoms with van der Waals surface area (Å²) in [5.41, 5.74) is 2.91. The fraction of sp³-hybridized carbons (Fsp3) is 0.417. The molecular formula is C12H15O3-. The summed E-state index contributed by atoms with van der Waals surface area (Å²) in [4.78, 5) is 10.3. The lowest BCUT2D eigenvalue weighted by molar-refractivity contribution is -0.306. The van der Waals surface area contributed by atoms with Crippen LogP contribution in [0, 0.1) is 13.8 Å². The number of carbonyl (C=O) groups excluding carboxylic acids is 1. The minimum atomic E-state index is -1.13. The molecule has 0 heterocycles. The number of carboxylic acid groups (broad SMARTS) is 1. The smallest absolute Gasteiger partial charge is 0.0796 e. The normalized spacial score (nSPS) is 12.5. The van der Waals surface area contributed by atoms with Gasteiger partial charge in [0.15, 0.2) is 0 Å². The van der Waals surface area contributed by atoms with Gasteiger partial charge in [-0.3, -0.25) is 0 Å². The van der Waals surface area contributed by atoms with Gasteiger partial charge in [-0.15, -0.1) is 0 Å². The van der Waals surface area contributed by atoms with E-state index in [1.54, 1.807) is 0 Å². The molecule has 0 aliphatic heterocycles. The summed E-state index contributed by atoms with van der Waals surface area (Å²) in [7, 11) is 0. The maximum atomic E-state index is 10.3. The zero-order chi connectivity index (χ0) is 11.4. The first-order valence-corrected chi connectivity index (χ1v) is 4.95. The molecule has 1 atom stereocenters. The summed E-state index contributed by atoms with van der Waals surface area (Å²) >= 11 is 0. The Bertz CT molecular complexity index is 358. The van der Waals surface area contributed by atoms with Crippen molar-refractivity contribution in [2.75, 3.05) is 0 Å². The molecule has 0 radical (unpaired) electrons. The first-order chi connectivity index (χ1) is 7.00. The van der Waals surface area contributed by atoms with Crippen LogP contribution in [0.5, 0.6) is 0 Å². The maximum Gasteiger partial charge on any atom is 0.0796 e. The topological polar surface area (TPSA) is 60.4 Å². The van der Waals surface area contributed by atoms with E-state index in [0.29, 0.717) is 0 Å². The molecule has 0 fully saturated rings. The number of aliphatic hydroxyl groups excluding tert-OH is 1. The number of aryl methyl sites for hydroxylation is 2. The van der Waals surface area contributed by atoms with Gasteiger partial charge in [0.2, 0.25) is 0 Å². The highest BCUT2D eigenvalue weighted by Crippen LogP contribution is 2.22. The van der Waals surface area contributed by atoms with Crippen molar-refractivity contribution in [2.45, 2.75) is 32.8 Å². The van der Waals surface area contributed by atoms with Gasteiger partial charge < -0.3 is 15.0 Å². The van der Waals surface area contributed by atoms with E-state index >= 15 is 0 Å². The number of carboxylic acids is 1. The zero-order valence-electron chi connectivity index (χ0n) is 8.99. The first-order valence-electron chi connectivity index (χ1n) is 4.95. The number of benzene rings is 1. The largest absolute Gasteiger partial charge is 0.550 e. The number of aliphatic carboxylic acids is 1. The molecule has 3 heteroatoms. The second-order valence-corrected chi connectivity index (χ2v) is 3.79. The van der Waals surface area contributed by atoms with Gasteiger partial charge in [-0.05, 0) is 37.8 Å². The minimum Gasteiger partial charge on any atom is -0.550 e. The van der Waals surface area contributed by atoms with Crippen LogP contribution in [0.4, 0.5) is 0 Å². The summed E-state index contributed by atoms with van der Waals surface area (Å²) in [6.07, 6.45) is -0.635. The van der Waals surface area contributed by atoms with Gasteiger partial charge in [0, 0.05) is 5.97 Å². The van der Waals surface area contributed by atoms with E-state index in [-0.39, 0.29) is 12.8 Å². The molecule has 1 aromatic rings. The zero-order valence-corrected chi connectivity index (χ0v) is 8.99. The summed E-state index contributed by atoms with van der Waals surface area (Å²) < 4.78 is 0. The summed E-state index contributed by atoms with van der Waals surface area (Å²) in [6, 6.07) is 5.72. The van der Waals surface area contributed by atoms with Crippen molar-refractivity contribution in [3.8, 4) is 0 Å². The average molecular weight is 207 g/mol. The Morgan fingerprint density at radius 3 is 2.67 bits per heavy atom. The van der Waals surface area contributed by atoms with Crippen LogP contribution in [-0.2, 0) is 4.79 Å². The van der Waals surface area contributed by atoms with Crippen LogP contribution >= 0.6 is 0 Å². The second-order valence-electron chi connectivity index (χ2n) is 3.79. The third-order valence-electron chi connectivity index (χ3n) is 2.41. The van der Waals surface area contributed by atoms with Gasteiger partial charge in [-0.1, -0.05) is 23.8 Å². The highest BCUT2D eigenvalue weighted by Gasteiger charge is 2.09. The molecule has 82 valence electrons. The molecule has 1 N–H and O–H groups in total. The van der Waals surface area contributed by atoms with Gasteiger partial charge in [0.25, 0.3) is 0 Å². The molecule has 0 amide bonds. The number of rotatable bonds is 4. The summed E-state index contributed by atoms with van der Waals surface area (Å²) in [5, 5.41) is 20.0. The fourth-order valence-corrected chi connectivity index (χ4v) is 1.61. The Morgan fingerprint density at radius 2 is 2.13 bits per heavy atom. The lowest BCUT2D eigenvalue weighted by Crippen LogP contribution is -2.22. The SMILES string of the molecule is Cc1ccc([C@@H](O)CCC(=O)[O-])c(C)c1. The molecule has 0 aliphatic carbocycles. The Balaban J connectivity index is 2.73. The Kier molecular flexibility index (Phi) is 3.86. The van der Waals surface area contributed by atoms with E-state index in [4.69, 9.17) is 0 Å². The molecule has 0 saturated heterocycles. The number of hydrogen-bond donors (Lipinski definition) is 1. The molecule has 1 rings (SSSR count). The molecule has 0 aromatic heterocycles. The van der Waals surface area contributed by atoms with Crippen molar-refractivity contribution in [1.82, 2.24) is 0 Å². The number of aliphatic hydroxyl groups is 1. The van der Waals surface area contributed by atoms with Crippen LogP contribution in [0.3, 0.4) is 0 Å². The van der Waals surface area contributed by atoms with Crippen molar-refractivity contribution in [3.63, 3.8) is 0 Å². The van der Waals surface area contributed by atoms with Crippen LogP contribution in [0.2, 0.25) is 0 Å². The van der Waals surface area contributed by atoms with Crippen LogP contribution in [0.1, 0.15) is 35.6 Å². The standard InChI is InChI=1S/C12H16O3/c1-8-3-4-10(9(2)7-8)11(13)5-6-12(14)15/h3-4,7,11,13H,5-6H2,1-2H3,(H,14,15)/p-1/t11-/m0/s1. The lowest BCUT2D eigenvalue weighted by atomic mass is 9.98. The highest BCUT2D eigenvalue weighted by atomic mass is 16.4. The van der Waals surface area contributed by atoms with Crippen molar-refractivity contribution in [1.29, 1.82) is 0 Å². The minimum absolute atomic E-state index is 0.117. The number of carbonyl (C=O) groups is 1. The quantitative estimate of drug-likeness (QED) is 0.796. The second kappa shape index (κ2) is 4.94. The first kappa shape index (κ1) is 11.7. The van der Waals surface area contributed by atoms with Gasteiger partial charge in [-0.2, -0.15) is 0 Å². The van der Waals surface area contributed by atoms with Crippen LogP contribution in [0.15, 0.2) is 18.2 Å². The Hall–Kier alpha value is -1.35. The summed E-state index contributed by atoms with van der Waals surface area (Å²) in [6.45, 7) is 3.88. The van der Waals surface area contributed by atoms with E-state index in [2.05, 4.69) is 0 Å². The van der Waals surface area contributed by atoms with E-state index in [9.17, 15) is 15.0 Å². The molecule has 0 saturated carbocycles. The molecule has 0 spiro atoms. The molecule has 0 aliphatic rings. The third kappa shape index (κ3) is 3.36.